The number of methoxy groups -OCH3 is 1. The number of aromatic nitrogens is 2. The van der Waals surface area contributed by atoms with E-state index >= 15 is 0 Å². The van der Waals surface area contributed by atoms with Gasteiger partial charge in [-0.3, -0.25) is 19.2 Å². The van der Waals surface area contributed by atoms with Crippen LogP contribution in [-0.2, 0) is 30.1 Å². The van der Waals surface area contributed by atoms with E-state index in [4.69, 9.17) is 9.47 Å². The quantitative estimate of drug-likeness (QED) is 0.334. The summed E-state index contributed by atoms with van der Waals surface area (Å²) in [6.45, 7) is 8.43. The van der Waals surface area contributed by atoms with Gasteiger partial charge in [-0.15, -0.1) is 0 Å². The van der Waals surface area contributed by atoms with Crippen molar-refractivity contribution in [1.82, 2.24) is 9.36 Å². The normalized spacial score (nSPS) is 38.9. The van der Waals surface area contributed by atoms with Crippen LogP contribution in [0.2, 0.25) is 0 Å². The number of rotatable bonds is 5. The first-order chi connectivity index (χ1) is 20.9. The van der Waals surface area contributed by atoms with E-state index in [1.807, 2.05) is 27.6 Å². The molecular formula is C36H44N2O6. The molecule has 0 N–H and O–H groups in total. The van der Waals surface area contributed by atoms with E-state index in [0.717, 1.165) is 38.5 Å². The van der Waals surface area contributed by atoms with Crippen molar-refractivity contribution in [3.63, 3.8) is 0 Å². The number of ether oxygens (including phenoxy) is 2. The Morgan fingerprint density at radius 1 is 0.977 bits per heavy atom. The number of carbonyl (C=O) groups excluding carboxylic acids is 2. The second-order valence-corrected chi connectivity index (χ2v) is 14.7. The first kappa shape index (κ1) is 29.3. The standard InChI is InChI=1S/C36H44N2O6/c1-22(9-8-12-30(40)43-5)27-13-14-28-33(27,3)17-16-29-34(4)18-15-24(44-23(2)39)21-35(34)19-20-36(28,29)38-32(42)26-11-7-6-10-25(26)31(41)37(35)38/h6-11,19-20,22,24,27-29H,12-18,21H2,1-5H3/b9-8+/t22-,24+,27-,28+,29+,33-,34-,35-,36+/m1/s1. The third-order valence-electron chi connectivity index (χ3n) is 13.0. The third-order valence-corrected chi connectivity index (χ3v) is 13.0. The highest BCUT2D eigenvalue weighted by Gasteiger charge is 2.74. The van der Waals surface area contributed by atoms with Gasteiger partial charge in [-0.1, -0.05) is 57.2 Å². The Kier molecular flexibility index (Phi) is 6.52. The van der Waals surface area contributed by atoms with Crippen LogP contribution < -0.4 is 11.1 Å². The minimum absolute atomic E-state index is 0.0650. The van der Waals surface area contributed by atoms with Crippen LogP contribution in [0.3, 0.4) is 0 Å². The Hall–Kier alpha value is -3.42. The minimum atomic E-state index is -0.770. The first-order valence-electron chi connectivity index (χ1n) is 16.3. The van der Waals surface area contributed by atoms with Crippen molar-refractivity contribution in [1.29, 1.82) is 0 Å². The lowest BCUT2D eigenvalue weighted by Crippen LogP contribution is -2.78. The van der Waals surface area contributed by atoms with E-state index in [1.165, 1.54) is 14.0 Å². The molecule has 1 aromatic heterocycles. The lowest BCUT2D eigenvalue weighted by atomic mass is 9.40. The molecule has 6 aliphatic rings. The van der Waals surface area contributed by atoms with Gasteiger partial charge in [-0.2, -0.15) is 0 Å². The Morgan fingerprint density at radius 3 is 2.36 bits per heavy atom. The SMILES string of the molecule is COC(=O)C/C=C/[C@@H](C)[C@H]1CC[C@H]2[C@]1(C)CC[C@@H]1[C@]23C=C[C@]2(C[C@@H](OC(C)=O)CC[C@]12C)n1c(=O)c2ccccc2c(=O)n13. The lowest BCUT2D eigenvalue weighted by Gasteiger charge is -2.72. The van der Waals surface area contributed by atoms with Crippen molar-refractivity contribution in [2.24, 2.45) is 34.5 Å². The predicted octanol–water partition coefficient (Wildman–Crippen LogP) is 5.46. The summed E-state index contributed by atoms with van der Waals surface area (Å²) in [5.74, 6) is 0.400. The number of allylic oxidation sites excluding steroid dienone is 3. The zero-order valence-electron chi connectivity index (χ0n) is 26.5. The fraction of sp³-hybridized carbons (Fsp3) is 0.611. The first-order valence-corrected chi connectivity index (χ1v) is 16.3. The van der Waals surface area contributed by atoms with Crippen LogP contribution in [-0.4, -0.2) is 34.5 Å². The molecule has 4 aliphatic carbocycles. The Morgan fingerprint density at radius 2 is 1.68 bits per heavy atom. The third kappa shape index (κ3) is 3.57. The summed E-state index contributed by atoms with van der Waals surface area (Å²) < 4.78 is 14.4. The van der Waals surface area contributed by atoms with Crippen LogP contribution in [0.1, 0.15) is 79.1 Å². The van der Waals surface area contributed by atoms with Gasteiger partial charge in [0.05, 0.1) is 35.4 Å². The maximum Gasteiger partial charge on any atom is 0.309 e. The van der Waals surface area contributed by atoms with Crippen molar-refractivity contribution in [3.05, 3.63) is 69.3 Å². The molecule has 0 radical (unpaired) electrons. The molecule has 0 saturated heterocycles. The van der Waals surface area contributed by atoms with Crippen molar-refractivity contribution < 1.29 is 19.1 Å². The number of esters is 2. The van der Waals surface area contributed by atoms with Crippen LogP contribution in [0.4, 0.5) is 0 Å². The highest BCUT2D eigenvalue weighted by Crippen LogP contribution is 2.74. The highest BCUT2D eigenvalue weighted by molar-refractivity contribution is 5.80. The monoisotopic (exact) mass is 600 g/mol. The molecule has 1 aromatic carbocycles. The highest BCUT2D eigenvalue weighted by atomic mass is 16.5. The predicted molar refractivity (Wildman–Crippen MR) is 167 cm³/mol. The number of nitrogens with zero attached hydrogens (tertiary/aromatic N) is 2. The topological polar surface area (TPSA) is 96.6 Å². The molecule has 3 heterocycles. The summed E-state index contributed by atoms with van der Waals surface area (Å²) >= 11 is 0. The number of hydrogen-bond donors (Lipinski definition) is 0. The van der Waals surface area contributed by atoms with E-state index in [2.05, 4.69) is 39.0 Å². The fourth-order valence-electron chi connectivity index (χ4n) is 11.3. The van der Waals surface area contributed by atoms with E-state index in [1.54, 1.807) is 12.1 Å². The second kappa shape index (κ2) is 9.79. The van der Waals surface area contributed by atoms with E-state index in [9.17, 15) is 19.2 Å². The number of fused-ring (bicyclic) bond motifs is 2. The summed E-state index contributed by atoms with van der Waals surface area (Å²) in [7, 11) is 1.41. The largest absolute Gasteiger partial charge is 0.469 e. The van der Waals surface area contributed by atoms with Crippen molar-refractivity contribution in [2.45, 2.75) is 96.2 Å². The number of carbonyl (C=O) groups is 2. The molecule has 8 nitrogen and oxygen atoms in total. The fourth-order valence-corrected chi connectivity index (χ4v) is 11.3. The maximum atomic E-state index is 14.8. The van der Waals surface area contributed by atoms with Gasteiger partial charge in [0.1, 0.15) is 6.10 Å². The van der Waals surface area contributed by atoms with Gasteiger partial charge < -0.3 is 9.47 Å². The van der Waals surface area contributed by atoms with Crippen LogP contribution in [0.5, 0.6) is 0 Å². The van der Waals surface area contributed by atoms with Crippen molar-refractivity contribution in [3.8, 4) is 0 Å². The summed E-state index contributed by atoms with van der Waals surface area (Å²) in [6, 6.07) is 7.23. The van der Waals surface area contributed by atoms with Crippen molar-refractivity contribution >= 4 is 22.7 Å². The smallest absolute Gasteiger partial charge is 0.309 e. The molecular weight excluding hydrogens is 556 g/mol. The average molecular weight is 601 g/mol. The average Bonchev–Trinajstić information content (AvgIpc) is 3.36. The molecule has 8 heteroatoms. The molecule has 3 fully saturated rings. The van der Waals surface area contributed by atoms with Gasteiger partial charge in [0.15, 0.2) is 0 Å². The summed E-state index contributed by atoms with van der Waals surface area (Å²) in [6.07, 6.45) is 14.6. The number of benzene rings is 1. The van der Waals surface area contributed by atoms with E-state index in [0.29, 0.717) is 23.1 Å². The molecule has 2 bridgehead atoms. The Bertz CT molecular complexity index is 1740. The summed E-state index contributed by atoms with van der Waals surface area (Å²) in [4.78, 5) is 53.3. The van der Waals surface area contributed by atoms with Gasteiger partial charge in [0, 0.05) is 18.8 Å². The van der Waals surface area contributed by atoms with Crippen LogP contribution in [0, 0.1) is 34.5 Å². The molecule has 2 spiro atoms. The molecule has 8 rings (SSSR count). The molecule has 9 atom stereocenters. The van der Waals surface area contributed by atoms with Crippen molar-refractivity contribution in [2.75, 3.05) is 7.11 Å². The molecule has 2 aliphatic heterocycles. The zero-order valence-corrected chi connectivity index (χ0v) is 26.5. The molecule has 2 aromatic rings. The van der Waals surface area contributed by atoms with Crippen LogP contribution in [0.15, 0.2) is 58.2 Å². The Balaban J connectivity index is 1.43. The van der Waals surface area contributed by atoms with Gasteiger partial charge in [-0.25, -0.2) is 9.36 Å². The van der Waals surface area contributed by atoms with E-state index < -0.39 is 11.1 Å². The zero-order chi connectivity index (χ0) is 31.2. The van der Waals surface area contributed by atoms with Gasteiger partial charge >= 0.3 is 11.9 Å². The second-order valence-electron chi connectivity index (χ2n) is 14.7. The summed E-state index contributed by atoms with van der Waals surface area (Å²) in [5, 5.41) is 0.912. The lowest BCUT2D eigenvalue weighted by molar-refractivity contribution is -0.205. The van der Waals surface area contributed by atoms with E-state index in [-0.39, 0.29) is 64.2 Å². The maximum absolute atomic E-state index is 14.8. The van der Waals surface area contributed by atoms with Crippen LogP contribution >= 0.6 is 0 Å². The van der Waals surface area contributed by atoms with Crippen LogP contribution in [0.25, 0.3) is 10.8 Å². The minimum Gasteiger partial charge on any atom is -0.469 e. The van der Waals surface area contributed by atoms with Gasteiger partial charge in [0.2, 0.25) is 0 Å². The Labute approximate surface area is 258 Å². The van der Waals surface area contributed by atoms with Gasteiger partial charge in [0.25, 0.3) is 11.1 Å². The molecule has 0 unspecified atom stereocenters. The summed E-state index contributed by atoms with van der Waals surface area (Å²) in [5.41, 5.74) is -2.01. The molecule has 234 valence electrons. The molecule has 44 heavy (non-hydrogen) atoms. The number of hydrogen-bond acceptors (Lipinski definition) is 6. The molecule has 3 saturated carbocycles. The molecule has 0 amide bonds. The van der Waals surface area contributed by atoms with Gasteiger partial charge in [-0.05, 0) is 79.7 Å².